The molecule has 0 spiro atoms. The summed E-state index contributed by atoms with van der Waals surface area (Å²) in [6.45, 7) is 5.19. The Labute approximate surface area is 142 Å². The molecular weight excluding hydrogens is 330 g/mol. The van der Waals surface area contributed by atoms with E-state index in [1.54, 1.807) is 6.26 Å². The van der Waals surface area contributed by atoms with Gasteiger partial charge in [-0.1, -0.05) is 13.8 Å². The Morgan fingerprint density at radius 1 is 1.39 bits per heavy atom. The molecule has 3 aromatic rings. The average molecular weight is 347 g/mol. The Bertz CT molecular complexity index is 789. The summed E-state index contributed by atoms with van der Waals surface area (Å²) in [5.41, 5.74) is 0. The molecule has 6 nitrogen and oxygen atoms in total. The second-order valence-corrected chi connectivity index (χ2v) is 8.05. The Balaban J connectivity index is 1.63. The second kappa shape index (κ2) is 6.09. The molecule has 0 bridgehead atoms. The van der Waals surface area contributed by atoms with Crippen molar-refractivity contribution in [2.45, 2.75) is 48.6 Å². The van der Waals surface area contributed by atoms with E-state index in [1.807, 2.05) is 12.1 Å². The van der Waals surface area contributed by atoms with Crippen molar-refractivity contribution in [3.05, 3.63) is 24.2 Å². The van der Waals surface area contributed by atoms with Gasteiger partial charge in [0.05, 0.1) is 6.26 Å². The van der Waals surface area contributed by atoms with E-state index in [1.165, 1.54) is 36.1 Å². The van der Waals surface area contributed by atoms with Crippen LogP contribution in [0.2, 0.25) is 0 Å². The maximum absolute atomic E-state index is 5.49. The first-order valence-corrected chi connectivity index (χ1v) is 9.28. The first kappa shape index (κ1) is 14.9. The number of aromatic nitrogens is 5. The van der Waals surface area contributed by atoms with Gasteiger partial charge in [-0.15, -0.1) is 10.2 Å². The highest BCUT2D eigenvalue weighted by atomic mass is 32.2. The molecule has 0 aromatic carbocycles. The second-order valence-electron chi connectivity index (χ2n) is 6.08. The van der Waals surface area contributed by atoms with E-state index in [-0.39, 0.29) is 0 Å². The van der Waals surface area contributed by atoms with Crippen LogP contribution in [0.4, 0.5) is 0 Å². The minimum absolute atomic E-state index is 0.482. The lowest BCUT2D eigenvalue weighted by Gasteiger charge is -2.10. The third-order valence-electron chi connectivity index (χ3n) is 3.55. The van der Waals surface area contributed by atoms with Gasteiger partial charge in [0.2, 0.25) is 0 Å². The summed E-state index contributed by atoms with van der Waals surface area (Å²) in [5.74, 6) is 3.54. The Morgan fingerprint density at radius 2 is 2.26 bits per heavy atom. The summed E-state index contributed by atoms with van der Waals surface area (Å²) in [6, 6.07) is 3.77. The molecule has 0 aliphatic heterocycles. The van der Waals surface area contributed by atoms with Gasteiger partial charge in [-0.25, -0.2) is 4.98 Å². The van der Waals surface area contributed by atoms with Crippen molar-refractivity contribution in [2.75, 3.05) is 0 Å². The molecule has 0 radical (unpaired) electrons. The fraction of sp³-hybridized carbons (Fsp3) is 0.467. The van der Waals surface area contributed by atoms with Crippen LogP contribution in [0.3, 0.4) is 0 Å². The highest BCUT2D eigenvalue weighted by molar-refractivity contribution is 8.00. The Kier molecular flexibility index (Phi) is 3.94. The predicted octanol–water partition coefficient (Wildman–Crippen LogP) is 4.07. The monoisotopic (exact) mass is 347 g/mol. The van der Waals surface area contributed by atoms with Crippen LogP contribution in [0, 0.1) is 5.92 Å². The Morgan fingerprint density at radius 3 is 2.96 bits per heavy atom. The fourth-order valence-corrected chi connectivity index (χ4v) is 3.96. The molecule has 120 valence electrons. The summed E-state index contributed by atoms with van der Waals surface area (Å²) < 4.78 is 13.0. The van der Waals surface area contributed by atoms with E-state index in [2.05, 4.69) is 38.0 Å². The molecule has 1 fully saturated rings. The van der Waals surface area contributed by atoms with Crippen LogP contribution in [0.25, 0.3) is 11.6 Å². The van der Waals surface area contributed by atoms with Gasteiger partial charge in [-0.2, -0.15) is 4.37 Å². The molecule has 3 heterocycles. The minimum Gasteiger partial charge on any atom is -0.461 e. The zero-order chi connectivity index (χ0) is 15.8. The topological polar surface area (TPSA) is 69.6 Å². The number of hydrogen-bond donors (Lipinski definition) is 0. The normalized spacial score (nSPS) is 14.7. The third kappa shape index (κ3) is 3.18. The first-order chi connectivity index (χ1) is 11.2. The lowest BCUT2D eigenvalue weighted by Crippen LogP contribution is -2.07. The van der Waals surface area contributed by atoms with Gasteiger partial charge in [-0.05, 0) is 54.2 Å². The maximum atomic E-state index is 5.49. The van der Waals surface area contributed by atoms with Crippen LogP contribution in [0.15, 0.2) is 32.3 Å². The van der Waals surface area contributed by atoms with E-state index in [0.29, 0.717) is 11.8 Å². The zero-order valence-electron chi connectivity index (χ0n) is 13.0. The van der Waals surface area contributed by atoms with Gasteiger partial charge in [0.1, 0.15) is 5.82 Å². The van der Waals surface area contributed by atoms with Crippen molar-refractivity contribution < 1.29 is 4.42 Å². The number of rotatable bonds is 6. The van der Waals surface area contributed by atoms with E-state index in [0.717, 1.165) is 33.4 Å². The zero-order valence-corrected chi connectivity index (χ0v) is 14.6. The van der Waals surface area contributed by atoms with E-state index in [4.69, 9.17) is 4.42 Å². The average Bonchev–Trinajstić information content (AvgIpc) is 2.92. The van der Waals surface area contributed by atoms with Gasteiger partial charge in [-0.3, -0.25) is 4.57 Å². The van der Waals surface area contributed by atoms with Crippen LogP contribution in [-0.4, -0.2) is 24.1 Å². The van der Waals surface area contributed by atoms with Crippen LogP contribution < -0.4 is 0 Å². The fourth-order valence-electron chi connectivity index (χ4n) is 2.33. The third-order valence-corrected chi connectivity index (χ3v) is 5.30. The summed E-state index contributed by atoms with van der Waals surface area (Å²) in [6.07, 6.45) is 4.09. The number of furan rings is 1. The van der Waals surface area contributed by atoms with Gasteiger partial charge >= 0.3 is 0 Å². The van der Waals surface area contributed by atoms with E-state index < -0.39 is 0 Å². The number of nitrogens with zero attached hydrogens (tertiary/aromatic N) is 5. The molecule has 4 rings (SSSR count). The summed E-state index contributed by atoms with van der Waals surface area (Å²) >= 11 is 2.98. The molecule has 3 aromatic heterocycles. The summed E-state index contributed by atoms with van der Waals surface area (Å²) in [4.78, 5) is 4.63. The Hall–Kier alpha value is -1.67. The van der Waals surface area contributed by atoms with Crippen molar-refractivity contribution >= 4 is 23.3 Å². The van der Waals surface area contributed by atoms with Gasteiger partial charge in [0.15, 0.2) is 21.1 Å². The van der Waals surface area contributed by atoms with Crippen LogP contribution in [0.5, 0.6) is 0 Å². The standard InChI is InChI=1S/C15H17N5OS2/c1-9(2)8-20-13(11-4-3-7-21-11)17-18-14(20)22-15-16-12(19-23-15)10-5-6-10/h3-4,7,9-10H,5-6,8H2,1-2H3. The SMILES string of the molecule is CC(C)Cn1c(Sc2nc(C3CC3)ns2)nnc1-c1ccco1. The molecule has 1 saturated carbocycles. The van der Waals surface area contributed by atoms with Crippen LogP contribution >= 0.6 is 23.3 Å². The van der Waals surface area contributed by atoms with Crippen molar-refractivity contribution in [1.29, 1.82) is 0 Å². The van der Waals surface area contributed by atoms with Crippen LogP contribution in [0.1, 0.15) is 38.4 Å². The molecule has 0 amide bonds. The van der Waals surface area contributed by atoms with E-state index in [9.17, 15) is 0 Å². The molecule has 23 heavy (non-hydrogen) atoms. The molecular formula is C15H17N5OS2. The first-order valence-electron chi connectivity index (χ1n) is 7.69. The highest BCUT2D eigenvalue weighted by Gasteiger charge is 2.28. The van der Waals surface area contributed by atoms with Crippen molar-refractivity contribution in [3.8, 4) is 11.6 Å². The van der Waals surface area contributed by atoms with Crippen molar-refractivity contribution in [2.24, 2.45) is 5.92 Å². The molecule has 0 unspecified atom stereocenters. The maximum Gasteiger partial charge on any atom is 0.200 e. The minimum atomic E-state index is 0.482. The highest BCUT2D eigenvalue weighted by Crippen LogP contribution is 2.40. The molecule has 1 aliphatic carbocycles. The van der Waals surface area contributed by atoms with Crippen LogP contribution in [-0.2, 0) is 6.54 Å². The van der Waals surface area contributed by atoms with Gasteiger partial charge in [0.25, 0.3) is 0 Å². The lowest BCUT2D eigenvalue weighted by molar-refractivity contribution is 0.489. The van der Waals surface area contributed by atoms with Gasteiger partial charge in [0, 0.05) is 12.5 Å². The largest absolute Gasteiger partial charge is 0.461 e. The quantitative estimate of drug-likeness (QED) is 0.669. The van der Waals surface area contributed by atoms with Crippen molar-refractivity contribution in [3.63, 3.8) is 0 Å². The number of hydrogen-bond acceptors (Lipinski definition) is 7. The summed E-state index contributed by atoms with van der Waals surface area (Å²) in [7, 11) is 0. The summed E-state index contributed by atoms with van der Waals surface area (Å²) in [5, 5.41) is 9.50. The predicted molar refractivity (Wildman–Crippen MR) is 88.6 cm³/mol. The molecule has 1 aliphatic rings. The van der Waals surface area contributed by atoms with Gasteiger partial charge < -0.3 is 4.42 Å². The lowest BCUT2D eigenvalue weighted by atomic mass is 10.2. The molecule has 8 heteroatoms. The van der Waals surface area contributed by atoms with Crippen molar-refractivity contribution in [1.82, 2.24) is 24.1 Å². The molecule has 0 N–H and O–H groups in total. The van der Waals surface area contributed by atoms with E-state index >= 15 is 0 Å². The smallest absolute Gasteiger partial charge is 0.200 e. The molecule has 0 atom stereocenters. The molecule has 0 saturated heterocycles.